The minimum absolute atomic E-state index is 0.0895. The van der Waals surface area contributed by atoms with Gasteiger partial charge in [-0.2, -0.15) is 13.2 Å². The molecular weight excluding hydrogens is 608 g/mol. The van der Waals surface area contributed by atoms with Crippen molar-refractivity contribution in [1.29, 1.82) is 0 Å². The largest absolute Gasteiger partial charge is 0.490 e. The SMILES string of the molecule is CCS(=O)(=O)N1CCC(c2c[nH]c3c(C(N)=O)cc(-c4cc(CN5CCOCC5)ccc4F)cc23)CC1.O=C(O)C(F)(F)F. The smallest absolute Gasteiger partial charge is 0.475 e. The molecule has 0 bridgehead atoms. The number of fused-ring (bicyclic) bond motifs is 1. The van der Waals surface area contributed by atoms with Crippen LogP contribution in [0.3, 0.4) is 0 Å². The van der Waals surface area contributed by atoms with Gasteiger partial charge in [-0.1, -0.05) is 6.07 Å². The zero-order valence-electron chi connectivity index (χ0n) is 24.0. The molecule has 5 rings (SSSR count). The van der Waals surface area contributed by atoms with Crippen LogP contribution in [-0.4, -0.2) is 90.9 Å². The number of alkyl halides is 3. The van der Waals surface area contributed by atoms with E-state index in [0.717, 1.165) is 29.6 Å². The molecule has 2 aliphatic heterocycles. The van der Waals surface area contributed by atoms with Crippen molar-refractivity contribution in [3.8, 4) is 11.1 Å². The molecule has 15 heteroatoms. The lowest BCUT2D eigenvalue weighted by Gasteiger charge is -2.31. The summed E-state index contributed by atoms with van der Waals surface area (Å²) in [5.74, 6) is -3.51. The van der Waals surface area contributed by atoms with Gasteiger partial charge in [0, 0.05) is 49.9 Å². The van der Waals surface area contributed by atoms with E-state index < -0.39 is 28.1 Å². The van der Waals surface area contributed by atoms with Crippen molar-refractivity contribution in [3.63, 3.8) is 0 Å². The van der Waals surface area contributed by atoms with Gasteiger partial charge in [-0.15, -0.1) is 0 Å². The average Bonchev–Trinajstić information content (AvgIpc) is 3.42. The van der Waals surface area contributed by atoms with Crippen LogP contribution in [0.15, 0.2) is 36.5 Å². The van der Waals surface area contributed by atoms with Gasteiger partial charge in [0.25, 0.3) is 5.91 Å². The lowest BCUT2D eigenvalue weighted by Crippen LogP contribution is -2.38. The number of piperidine rings is 1. The van der Waals surface area contributed by atoms with Gasteiger partial charge in [0.1, 0.15) is 5.82 Å². The third kappa shape index (κ3) is 7.75. The van der Waals surface area contributed by atoms with Gasteiger partial charge in [-0.05, 0) is 66.6 Å². The fraction of sp³-hybridized carbons (Fsp3) is 0.448. The molecule has 10 nitrogen and oxygen atoms in total. The van der Waals surface area contributed by atoms with Gasteiger partial charge >= 0.3 is 12.1 Å². The molecule has 0 aliphatic carbocycles. The van der Waals surface area contributed by atoms with Crippen molar-refractivity contribution in [2.24, 2.45) is 5.73 Å². The highest BCUT2D eigenvalue weighted by atomic mass is 32.2. The van der Waals surface area contributed by atoms with E-state index in [1.54, 1.807) is 23.4 Å². The Morgan fingerprint density at radius 3 is 2.30 bits per heavy atom. The molecule has 2 fully saturated rings. The van der Waals surface area contributed by atoms with Crippen LogP contribution in [0.25, 0.3) is 22.0 Å². The number of carboxylic acids is 1. The number of primary amides is 1. The van der Waals surface area contributed by atoms with Gasteiger partial charge in [0.2, 0.25) is 10.0 Å². The average molecular weight is 643 g/mol. The first-order chi connectivity index (χ1) is 20.7. The number of halogens is 4. The van der Waals surface area contributed by atoms with Crippen LogP contribution in [0, 0.1) is 5.82 Å². The first-order valence-electron chi connectivity index (χ1n) is 14.0. The Balaban J connectivity index is 0.000000566. The molecule has 44 heavy (non-hydrogen) atoms. The van der Waals surface area contributed by atoms with Crippen molar-refractivity contribution >= 4 is 32.8 Å². The molecular formula is C29H34F4N4O6S. The Bertz CT molecular complexity index is 1610. The molecule has 240 valence electrons. The molecule has 2 saturated heterocycles. The Hall–Kier alpha value is -3.53. The number of nitrogens with two attached hydrogens (primary N) is 1. The topological polar surface area (TPSA) is 146 Å². The fourth-order valence-corrected chi connectivity index (χ4v) is 6.61. The number of morpholine rings is 1. The standard InChI is InChI=1S/C27H33FN4O4S.C2HF3O2/c1-2-37(34,35)32-7-5-19(6-8-32)24-16-30-26-22(24)14-20(15-23(26)27(29)33)21-13-18(3-4-25(21)28)17-31-9-11-36-12-10-31;3-2(4,5)1(6)7/h3-4,13-16,19,30H,2,5-12,17H2,1H3,(H2,29,33);(H,6,7). The summed E-state index contributed by atoms with van der Waals surface area (Å²) in [4.78, 5) is 26.8. The normalized spacial score (nSPS) is 17.3. The van der Waals surface area contributed by atoms with E-state index in [1.807, 2.05) is 18.3 Å². The highest BCUT2D eigenvalue weighted by Gasteiger charge is 2.38. The second kappa shape index (κ2) is 13.6. The summed E-state index contributed by atoms with van der Waals surface area (Å²) in [7, 11) is -3.22. The molecule has 3 heterocycles. The molecule has 0 spiro atoms. The molecule has 0 atom stereocenters. The molecule has 1 aromatic heterocycles. The zero-order valence-corrected chi connectivity index (χ0v) is 24.8. The number of H-pyrrole nitrogens is 1. The number of aromatic amines is 1. The summed E-state index contributed by atoms with van der Waals surface area (Å²) in [5.41, 5.74) is 9.67. The maximum Gasteiger partial charge on any atom is 0.490 e. The first kappa shape index (κ1) is 33.4. The number of hydrogen-bond donors (Lipinski definition) is 3. The van der Waals surface area contributed by atoms with Crippen molar-refractivity contribution in [2.75, 3.05) is 45.1 Å². The fourth-order valence-electron chi connectivity index (χ4n) is 5.48. The molecule has 3 aromatic rings. The van der Waals surface area contributed by atoms with Crippen LogP contribution >= 0.6 is 0 Å². The number of sulfonamides is 1. The third-order valence-corrected chi connectivity index (χ3v) is 9.71. The molecule has 2 aliphatic rings. The van der Waals surface area contributed by atoms with Gasteiger partial charge in [-0.3, -0.25) is 9.69 Å². The van der Waals surface area contributed by atoms with Crippen LogP contribution in [0.2, 0.25) is 0 Å². The van der Waals surface area contributed by atoms with E-state index in [9.17, 15) is 26.4 Å². The maximum absolute atomic E-state index is 15.1. The Labute approximate surface area is 251 Å². The monoisotopic (exact) mass is 642 g/mol. The van der Waals surface area contributed by atoms with E-state index in [0.29, 0.717) is 67.9 Å². The quantitative estimate of drug-likeness (QED) is 0.330. The number of amides is 1. The number of carbonyl (C=O) groups is 2. The highest BCUT2D eigenvalue weighted by molar-refractivity contribution is 7.89. The van der Waals surface area contributed by atoms with Gasteiger partial charge in [0.05, 0.1) is 30.0 Å². The minimum Gasteiger partial charge on any atom is -0.475 e. The Morgan fingerprint density at radius 1 is 1.09 bits per heavy atom. The van der Waals surface area contributed by atoms with Crippen molar-refractivity contribution in [2.45, 2.75) is 38.4 Å². The highest BCUT2D eigenvalue weighted by Crippen LogP contribution is 2.38. The van der Waals surface area contributed by atoms with Crippen LogP contribution in [-0.2, 0) is 26.1 Å². The van der Waals surface area contributed by atoms with Gasteiger partial charge < -0.3 is 20.6 Å². The van der Waals surface area contributed by atoms with Crippen LogP contribution in [0.4, 0.5) is 17.6 Å². The van der Waals surface area contributed by atoms with E-state index in [4.69, 9.17) is 20.4 Å². The van der Waals surface area contributed by atoms with E-state index >= 15 is 4.39 Å². The molecule has 2 aromatic carbocycles. The van der Waals surface area contributed by atoms with E-state index in [1.165, 1.54) is 6.07 Å². The lowest BCUT2D eigenvalue weighted by atomic mass is 9.88. The van der Waals surface area contributed by atoms with Crippen LogP contribution in [0.5, 0.6) is 0 Å². The van der Waals surface area contributed by atoms with E-state index in [2.05, 4.69) is 9.88 Å². The molecule has 0 radical (unpaired) electrons. The zero-order chi connectivity index (χ0) is 32.2. The number of nitrogens with one attached hydrogen (secondary N) is 1. The molecule has 0 unspecified atom stereocenters. The van der Waals surface area contributed by atoms with Gasteiger partial charge in [-0.25, -0.2) is 21.9 Å². The predicted molar refractivity (Wildman–Crippen MR) is 155 cm³/mol. The molecule has 4 N–H and O–H groups in total. The summed E-state index contributed by atoms with van der Waals surface area (Å²) < 4.78 is 78.4. The van der Waals surface area contributed by atoms with E-state index in [-0.39, 0.29) is 17.5 Å². The number of aromatic nitrogens is 1. The van der Waals surface area contributed by atoms with Crippen molar-refractivity contribution in [3.05, 3.63) is 59.0 Å². The summed E-state index contributed by atoms with van der Waals surface area (Å²) in [5, 5.41) is 7.95. The van der Waals surface area contributed by atoms with Crippen LogP contribution in [0.1, 0.15) is 47.2 Å². The predicted octanol–water partition coefficient (Wildman–Crippen LogP) is 4.07. The number of benzene rings is 2. The van der Waals surface area contributed by atoms with Crippen molar-refractivity contribution in [1.82, 2.24) is 14.2 Å². The first-order valence-corrected chi connectivity index (χ1v) is 15.6. The lowest BCUT2D eigenvalue weighted by molar-refractivity contribution is -0.192. The summed E-state index contributed by atoms with van der Waals surface area (Å²) in [6, 6.07) is 8.68. The summed E-state index contributed by atoms with van der Waals surface area (Å²) in [6.45, 7) is 6.28. The number of carbonyl (C=O) groups excluding carboxylic acids is 1. The number of hydrogen-bond acceptors (Lipinski definition) is 6. The van der Waals surface area contributed by atoms with Crippen molar-refractivity contribution < 1.29 is 45.4 Å². The van der Waals surface area contributed by atoms with Crippen LogP contribution < -0.4 is 5.73 Å². The number of rotatable bonds is 7. The number of carboxylic acid groups (broad SMARTS) is 1. The molecule has 1 amide bonds. The second-order valence-corrected chi connectivity index (χ2v) is 12.9. The Kier molecular flexibility index (Phi) is 10.3. The Morgan fingerprint density at radius 2 is 1.73 bits per heavy atom. The summed E-state index contributed by atoms with van der Waals surface area (Å²) >= 11 is 0. The minimum atomic E-state index is -5.08. The summed E-state index contributed by atoms with van der Waals surface area (Å²) in [6.07, 6.45) is -1.86. The van der Waals surface area contributed by atoms with Gasteiger partial charge in [0.15, 0.2) is 0 Å². The second-order valence-electron chi connectivity index (χ2n) is 10.6. The number of aliphatic carboxylic acids is 1. The number of nitrogens with zero attached hydrogens (tertiary/aromatic N) is 2. The molecule has 0 saturated carbocycles. The third-order valence-electron chi connectivity index (χ3n) is 7.83. The number of ether oxygens (including phenoxy) is 1. The maximum atomic E-state index is 15.1.